The van der Waals surface area contributed by atoms with E-state index < -0.39 is 9.84 Å². The van der Waals surface area contributed by atoms with Crippen molar-refractivity contribution in [2.24, 2.45) is 5.92 Å². The predicted octanol–water partition coefficient (Wildman–Crippen LogP) is 0.819. The number of benzene rings is 1. The first-order chi connectivity index (χ1) is 15.8. The van der Waals surface area contributed by atoms with Gasteiger partial charge in [-0.2, -0.15) is 0 Å². The molecule has 1 aromatic rings. The van der Waals surface area contributed by atoms with Crippen LogP contribution in [0, 0.1) is 5.92 Å². The molecule has 0 unspecified atom stereocenters. The van der Waals surface area contributed by atoms with Crippen molar-refractivity contribution in [1.29, 1.82) is 0 Å². The van der Waals surface area contributed by atoms with Crippen LogP contribution in [0.25, 0.3) is 0 Å². The summed E-state index contributed by atoms with van der Waals surface area (Å²) >= 11 is 0. The molecule has 0 bridgehead atoms. The van der Waals surface area contributed by atoms with Gasteiger partial charge in [-0.3, -0.25) is 14.5 Å². The fourth-order valence-electron chi connectivity index (χ4n) is 4.96. The normalized spacial score (nSPS) is 23.9. The van der Waals surface area contributed by atoms with Crippen LogP contribution in [-0.4, -0.2) is 101 Å². The predicted molar refractivity (Wildman–Crippen MR) is 127 cm³/mol. The Balaban J connectivity index is 1.21. The van der Waals surface area contributed by atoms with Crippen molar-refractivity contribution in [3.63, 3.8) is 0 Å². The van der Waals surface area contributed by atoms with E-state index >= 15 is 0 Å². The molecule has 10 heteroatoms. The third-order valence-electron chi connectivity index (χ3n) is 6.89. The maximum atomic E-state index is 12.9. The van der Waals surface area contributed by atoms with Crippen LogP contribution in [0.5, 0.6) is 0 Å². The summed E-state index contributed by atoms with van der Waals surface area (Å²) in [6.45, 7) is 4.62. The molecule has 9 nitrogen and oxygen atoms in total. The Morgan fingerprint density at radius 2 is 1.73 bits per heavy atom. The molecule has 4 rings (SSSR count). The molecule has 1 N–H and O–H groups in total. The van der Waals surface area contributed by atoms with Crippen molar-refractivity contribution in [3.05, 3.63) is 24.3 Å². The molecule has 0 radical (unpaired) electrons. The Kier molecular flexibility index (Phi) is 7.55. The monoisotopic (exact) mass is 478 g/mol. The molecule has 1 atom stereocenters. The molecular formula is C23H34N4O5S. The van der Waals surface area contributed by atoms with Crippen LogP contribution in [0.3, 0.4) is 0 Å². The van der Waals surface area contributed by atoms with Gasteiger partial charge in [0.25, 0.3) is 0 Å². The number of ether oxygens (including phenoxy) is 1. The summed E-state index contributed by atoms with van der Waals surface area (Å²) in [7, 11) is -1.24. The van der Waals surface area contributed by atoms with Crippen LogP contribution in [0.15, 0.2) is 24.3 Å². The number of nitrogens with one attached hydrogen (secondary N) is 1. The van der Waals surface area contributed by atoms with Crippen LogP contribution in [0.1, 0.15) is 19.3 Å². The molecule has 3 aliphatic rings. The molecule has 0 aliphatic carbocycles. The van der Waals surface area contributed by atoms with Crippen LogP contribution < -0.4 is 10.2 Å². The van der Waals surface area contributed by atoms with E-state index in [1.165, 1.54) is 4.90 Å². The summed E-state index contributed by atoms with van der Waals surface area (Å²) in [5.41, 5.74) is 1.81. The van der Waals surface area contributed by atoms with Gasteiger partial charge < -0.3 is 19.9 Å². The van der Waals surface area contributed by atoms with Crippen molar-refractivity contribution in [2.75, 3.05) is 74.7 Å². The highest BCUT2D eigenvalue weighted by atomic mass is 32.2. The number of morpholine rings is 1. The zero-order valence-electron chi connectivity index (χ0n) is 19.2. The fourth-order valence-corrected chi connectivity index (χ4v) is 6.72. The molecule has 33 heavy (non-hydrogen) atoms. The maximum Gasteiger partial charge on any atom is 0.243 e. The first-order valence-corrected chi connectivity index (χ1v) is 13.5. The lowest BCUT2D eigenvalue weighted by Gasteiger charge is -2.36. The Bertz CT molecular complexity index is 938. The number of hydrogen-bond donors (Lipinski definition) is 1. The van der Waals surface area contributed by atoms with E-state index in [0.29, 0.717) is 24.9 Å². The van der Waals surface area contributed by atoms with Crippen molar-refractivity contribution < 1.29 is 22.7 Å². The van der Waals surface area contributed by atoms with E-state index in [1.54, 1.807) is 7.05 Å². The maximum absolute atomic E-state index is 12.9. The van der Waals surface area contributed by atoms with Crippen LogP contribution in [-0.2, 0) is 24.2 Å². The quantitative estimate of drug-likeness (QED) is 0.646. The number of carbonyl (C=O) groups is 2. The molecule has 3 aliphatic heterocycles. The van der Waals surface area contributed by atoms with Gasteiger partial charge in [0.2, 0.25) is 11.8 Å². The van der Waals surface area contributed by atoms with Crippen molar-refractivity contribution >= 4 is 33.0 Å². The summed E-state index contributed by atoms with van der Waals surface area (Å²) in [5.74, 6) is 0.138. The number of likely N-dealkylation sites (tertiary alicyclic amines) is 1. The molecular weight excluding hydrogens is 444 g/mol. The van der Waals surface area contributed by atoms with Crippen LogP contribution in [0.4, 0.5) is 11.4 Å². The molecule has 0 spiro atoms. The SMILES string of the molecule is CN(CC(=O)Nc1ccc(N2CCOCC2)cc1)C(=O)C1CCN([C@H]2CCS(=O)(=O)C2)CC1. The molecule has 0 aromatic heterocycles. The number of amides is 2. The van der Waals surface area contributed by atoms with Gasteiger partial charge in [0.05, 0.1) is 31.3 Å². The summed E-state index contributed by atoms with van der Waals surface area (Å²) in [4.78, 5) is 31.3. The molecule has 3 heterocycles. The first kappa shape index (κ1) is 24.0. The van der Waals surface area contributed by atoms with E-state index in [-0.39, 0.29) is 41.8 Å². The minimum atomic E-state index is -2.90. The summed E-state index contributed by atoms with van der Waals surface area (Å²) in [6.07, 6.45) is 2.09. The van der Waals surface area contributed by atoms with E-state index in [2.05, 4.69) is 15.1 Å². The second-order valence-electron chi connectivity index (χ2n) is 9.26. The van der Waals surface area contributed by atoms with Gasteiger partial charge in [0.15, 0.2) is 9.84 Å². The molecule has 3 fully saturated rings. The number of carbonyl (C=O) groups excluding carboxylic acids is 2. The largest absolute Gasteiger partial charge is 0.378 e. The van der Waals surface area contributed by atoms with Gasteiger partial charge in [-0.05, 0) is 56.6 Å². The van der Waals surface area contributed by atoms with E-state index in [9.17, 15) is 18.0 Å². The average Bonchev–Trinajstić information content (AvgIpc) is 3.19. The number of anilines is 2. The lowest BCUT2D eigenvalue weighted by atomic mass is 9.94. The number of hydrogen-bond acceptors (Lipinski definition) is 7. The molecule has 2 amide bonds. The number of likely N-dealkylation sites (N-methyl/N-ethyl adjacent to an activating group) is 1. The standard InChI is InChI=1S/C23H34N4O5S/c1-25(23(29)18-6-9-26(10-7-18)21-8-15-33(30,31)17-21)16-22(28)24-19-2-4-20(5-3-19)27-11-13-32-14-12-27/h2-5,18,21H,6-17H2,1H3,(H,24,28)/t21-/m0/s1. The Morgan fingerprint density at radius 3 is 2.33 bits per heavy atom. The number of piperidine rings is 1. The van der Waals surface area contributed by atoms with Crippen LogP contribution >= 0.6 is 0 Å². The highest BCUT2D eigenvalue weighted by molar-refractivity contribution is 7.91. The highest BCUT2D eigenvalue weighted by Gasteiger charge is 2.36. The van der Waals surface area contributed by atoms with Gasteiger partial charge in [-0.15, -0.1) is 0 Å². The molecule has 182 valence electrons. The lowest BCUT2D eigenvalue weighted by molar-refractivity contribution is -0.138. The average molecular weight is 479 g/mol. The zero-order chi connectivity index (χ0) is 23.4. The number of rotatable bonds is 6. The second kappa shape index (κ2) is 10.4. The third kappa shape index (κ3) is 6.24. The molecule has 1 aromatic carbocycles. The Morgan fingerprint density at radius 1 is 1.06 bits per heavy atom. The minimum absolute atomic E-state index is 0.00509. The third-order valence-corrected chi connectivity index (χ3v) is 8.64. The zero-order valence-corrected chi connectivity index (χ0v) is 20.1. The van der Waals surface area contributed by atoms with E-state index in [4.69, 9.17) is 4.74 Å². The number of sulfone groups is 1. The smallest absolute Gasteiger partial charge is 0.243 e. The van der Waals surface area contributed by atoms with Crippen LogP contribution in [0.2, 0.25) is 0 Å². The van der Waals surface area contributed by atoms with E-state index in [1.807, 2.05) is 24.3 Å². The summed E-state index contributed by atoms with van der Waals surface area (Å²) in [5, 5.41) is 2.87. The first-order valence-electron chi connectivity index (χ1n) is 11.7. The number of nitrogens with zero attached hydrogens (tertiary/aromatic N) is 3. The topological polar surface area (TPSA) is 99.3 Å². The van der Waals surface area contributed by atoms with E-state index in [0.717, 1.165) is 45.1 Å². The van der Waals surface area contributed by atoms with Gasteiger partial charge in [0.1, 0.15) is 0 Å². The summed E-state index contributed by atoms with van der Waals surface area (Å²) in [6, 6.07) is 7.81. The van der Waals surface area contributed by atoms with Gasteiger partial charge in [-0.1, -0.05) is 0 Å². The van der Waals surface area contributed by atoms with Crippen molar-refractivity contribution in [1.82, 2.24) is 9.80 Å². The molecule has 3 saturated heterocycles. The minimum Gasteiger partial charge on any atom is -0.378 e. The molecule has 0 saturated carbocycles. The van der Waals surface area contributed by atoms with Gasteiger partial charge in [-0.25, -0.2) is 8.42 Å². The highest BCUT2D eigenvalue weighted by Crippen LogP contribution is 2.25. The second-order valence-corrected chi connectivity index (χ2v) is 11.5. The fraction of sp³-hybridized carbons (Fsp3) is 0.652. The Labute approximate surface area is 196 Å². The van der Waals surface area contributed by atoms with Gasteiger partial charge in [0, 0.05) is 43.5 Å². The lowest BCUT2D eigenvalue weighted by Crippen LogP contribution is -2.46. The van der Waals surface area contributed by atoms with Crippen molar-refractivity contribution in [2.45, 2.75) is 25.3 Å². The summed E-state index contributed by atoms with van der Waals surface area (Å²) < 4.78 is 28.9. The van der Waals surface area contributed by atoms with Crippen molar-refractivity contribution in [3.8, 4) is 0 Å². The Hall–Kier alpha value is -2.17. The van der Waals surface area contributed by atoms with Gasteiger partial charge >= 0.3 is 0 Å².